The molecule has 0 aliphatic heterocycles. The molecule has 0 saturated carbocycles. The number of carbonyl (C=O) groups excluding carboxylic acids is 3. The van der Waals surface area contributed by atoms with Crippen LogP contribution in [0.3, 0.4) is 0 Å². The van der Waals surface area contributed by atoms with Gasteiger partial charge in [0.1, 0.15) is 11.8 Å². The Balaban J connectivity index is 2.12. The molecule has 0 saturated heterocycles. The number of amides is 1. The lowest BCUT2D eigenvalue weighted by Gasteiger charge is -2.16. The largest absolute Gasteiger partial charge is 0.467 e. The molecule has 2 rings (SSSR count). The van der Waals surface area contributed by atoms with E-state index in [1.165, 1.54) is 13.3 Å². The number of para-hydroxylation sites is 1. The highest BCUT2D eigenvalue weighted by Gasteiger charge is 2.23. The van der Waals surface area contributed by atoms with Crippen molar-refractivity contribution in [1.82, 2.24) is 10.3 Å². The van der Waals surface area contributed by atoms with Crippen molar-refractivity contribution in [3.8, 4) is 0 Å². The first-order valence-corrected chi connectivity index (χ1v) is 7.80. The standard InChI is InChI=1S/C18H20N2O4/c1-3-14(21)8-9-16(18(23)24-2)20-17(22)13-10-12-6-4-5-7-15(12)19-11-13/h4-7,10-11,16H,3,8-9H2,1-2H3,(H,20,22)/t16-/m0/s1. The van der Waals surface area contributed by atoms with Crippen LogP contribution in [0.5, 0.6) is 0 Å². The predicted molar refractivity (Wildman–Crippen MR) is 89.5 cm³/mol. The molecule has 1 aromatic carbocycles. The summed E-state index contributed by atoms with van der Waals surface area (Å²) in [4.78, 5) is 39.9. The lowest BCUT2D eigenvalue weighted by molar-refractivity contribution is -0.143. The van der Waals surface area contributed by atoms with Gasteiger partial charge in [0.15, 0.2) is 0 Å². The van der Waals surface area contributed by atoms with Crippen molar-refractivity contribution in [1.29, 1.82) is 0 Å². The molecule has 0 aliphatic rings. The van der Waals surface area contributed by atoms with Crippen LogP contribution in [0.15, 0.2) is 36.5 Å². The van der Waals surface area contributed by atoms with E-state index in [4.69, 9.17) is 4.74 Å². The molecule has 6 heteroatoms. The van der Waals surface area contributed by atoms with Gasteiger partial charge < -0.3 is 10.1 Å². The van der Waals surface area contributed by atoms with Crippen molar-refractivity contribution in [3.63, 3.8) is 0 Å². The van der Waals surface area contributed by atoms with E-state index >= 15 is 0 Å². The summed E-state index contributed by atoms with van der Waals surface area (Å²) in [5, 5.41) is 3.46. The molecule has 0 unspecified atom stereocenters. The van der Waals surface area contributed by atoms with Crippen LogP contribution in [-0.4, -0.2) is 35.8 Å². The lowest BCUT2D eigenvalue weighted by atomic mass is 10.1. The van der Waals surface area contributed by atoms with Crippen LogP contribution < -0.4 is 5.32 Å². The fraction of sp³-hybridized carbons (Fsp3) is 0.333. The van der Waals surface area contributed by atoms with E-state index in [9.17, 15) is 14.4 Å². The first-order chi connectivity index (χ1) is 11.5. The molecule has 0 spiro atoms. The van der Waals surface area contributed by atoms with Crippen LogP contribution >= 0.6 is 0 Å². The van der Waals surface area contributed by atoms with Gasteiger partial charge in [0.25, 0.3) is 5.91 Å². The minimum absolute atomic E-state index is 0.0329. The topological polar surface area (TPSA) is 85.4 Å². The maximum atomic E-state index is 12.4. The van der Waals surface area contributed by atoms with Gasteiger partial charge >= 0.3 is 5.97 Å². The van der Waals surface area contributed by atoms with Gasteiger partial charge in [0.05, 0.1) is 18.2 Å². The van der Waals surface area contributed by atoms with Crippen molar-refractivity contribution in [3.05, 3.63) is 42.1 Å². The number of esters is 1. The van der Waals surface area contributed by atoms with E-state index in [0.29, 0.717) is 12.0 Å². The molecule has 0 bridgehead atoms. The van der Waals surface area contributed by atoms with Crippen molar-refractivity contribution < 1.29 is 19.1 Å². The van der Waals surface area contributed by atoms with Gasteiger partial charge in [-0.15, -0.1) is 0 Å². The SMILES string of the molecule is CCC(=O)CC[C@H](NC(=O)c1cnc2ccccc2c1)C(=O)OC. The van der Waals surface area contributed by atoms with E-state index in [0.717, 1.165) is 10.9 Å². The quantitative estimate of drug-likeness (QED) is 0.788. The number of carbonyl (C=O) groups is 3. The zero-order valence-corrected chi connectivity index (χ0v) is 13.7. The number of hydrogen-bond acceptors (Lipinski definition) is 5. The van der Waals surface area contributed by atoms with E-state index < -0.39 is 17.9 Å². The summed E-state index contributed by atoms with van der Waals surface area (Å²) in [5.41, 5.74) is 1.14. The summed E-state index contributed by atoms with van der Waals surface area (Å²) < 4.78 is 4.70. The Morgan fingerprint density at radius 2 is 2.00 bits per heavy atom. The van der Waals surface area contributed by atoms with Crippen molar-refractivity contribution in [2.45, 2.75) is 32.2 Å². The summed E-state index contributed by atoms with van der Waals surface area (Å²) in [7, 11) is 1.25. The number of pyridine rings is 1. The van der Waals surface area contributed by atoms with Gasteiger partial charge in [-0.25, -0.2) is 4.79 Å². The molecular formula is C18H20N2O4. The predicted octanol–water partition coefficient (Wildman–Crippen LogP) is 2.27. The van der Waals surface area contributed by atoms with Crippen molar-refractivity contribution in [2.24, 2.45) is 0 Å². The molecule has 1 amide bonds. The number of nitrogens with zero attached hydrogens (tertiary/aromatic N) is 1. The summed E-state index contributed by atoms with van der Waals surface area (Å²) in [5.74, 6) is -0.959. The van der Waals surface area contributed by atoms with Crippen LogP contribution in [0.4, 0.5) is 0 Å². The molecule has 1 heterocycles. The number of fused-ring (bicyclic) bond motifs is 1. The van der Waals surface area contributed by atoms with E-state index in [1.54, 1.807) is 13.0 Å². The van der Waals surface area contributed by atoms with Crippen LogP contribution in [-0.2, 0) is 14.3 Å². The highest BCUT2D eigenvalue weighted by Crippen LogP contribution is 2.13. The van der Waals surface area contributed by atoms with Gasteiger partial charge in [-0.3, -0.25) is 14.6 Å². The molecule has 0 radical (unpaired) electrons. The van der Waals surface area contributed by atoms with Crippen molar-refractivity contribution in [2.75, 3.05) is 7.11 Å². The summed E-state index contributed by atoms with van der Waals surface area (Å²) in [6.07, 6.45) is 2.29. The molecule has 0 aliphatic carbocycles. The molecule has 1 N–H and O–H groups in total. The summed E-state index contributed by atoms with van der Waals surface area (Å²) >= 11 is 0. The van der Waals surface area contributed by atoms with Gasteiger partial charge in [0, 0.05) is 24.4 Å². The second kappa shape index (κ2) is 8.19. The lowest BCUT2D eigenvalue weighted by Crippen LogP contribution is -2.41. The number of hydrogen-bond donors (Lipinski definition) is 1. The zero-order chi connectivity index (χ0) is 17.5. The van der Waals surface area contributed by atoms with Crippen LogP contribution in [0, 0.1) is 0 Å². The van der Waals surface area contributed by atoms with Gasteiger partial charge in [-0.05, 0) is 18.6 Å². The number of rotatable bonds is 7. The number of ketones is 1. The molecule has 126 valence electrons. The Morgan fingerprint density at radius 3 is 2.71 bits per heavy atom. The molecule has 0 fully saturated rings. The van der Waals surface area contributed by atoms with Crippen LogP contribution in [0.25, 0.3) is 10.9 Å². The Hall–Kier alpha value is -2.76. The third kappa shape index (κ3) is 4.38. The fourth-order valence-corrected chi connectivity index (χ4v) is 2.31. The number of methoxy groups -OCH3 is 1. The second-order valence-corrected chi connectivity index (χ2v) is 5.40. The Morgan fingerprint density at radius 1 is 1.25 bits per heavy atom. The minimum Gasteiger partial charge on any atom is -0.467 e. The molecular weight excluding hydrogens is 308 g/mol. The van der Waals surface area contributed by atoms with Crippen LogP contribution in [0.1, 0.15) is 36.5 Å². The zero-order valence-electron chi connectivity index (χ0n) is 13.7. The smallest absolute Gasteiger partial charge is 0.328 e. The molecule has 24 heavy (non-hydrogen) atoms. The number of aromatic nitrogens is 1. The third-order valence-electron chi connectivity index (χ3n) is 3.75. The third-order valence-corrected chi connectivity index (χ3v) is 3.75. The second-order valence-electron chi connectivity index (χ2n) is 5.40. The Labute approximate surface area is 140 Å². The summed E-state index contributed by atoms with van der Waals surface area (Å²) in [6.45, 7) is 1.76. The first kappa shape index (κ1) is 17.6. The number of Topliss-reactive ketones (excluding diaryl/α,β-unsaturated/α-hetero) is 1. The maximum Gasteiger partial charge on any atom is 0.328 e. The average molecular weight is 328 g/mol. The van der Waals surface area contributed by atoms with Gasteiger partial charge in [0.2, 0.25) is 0 Å². The van der Waals surface area contributed by atoms with Gasteiger partial charge in [-0.2, -0.15) is 0 Å². The molecule has 6 nitrogen and oxygen atoms in total. The number of ether oxygens (including phenoxy) is 1. The van der Waals surface area contributed by atoms with E-state index in [1.807, 2.05) is 24.3 Å². The molecule has 1 atom stereocenters. The normalized spacial score (nSPS) is 11.8. The van der Waals surface area contributed by atoms with Crippen LogP contribution in [0.2, 0.25) is 0 Å². The highest BCUT2D eigenvalue weighted by molar-refractivity contribution is 5.99. The average Bonchev–Trinajstić information content (AvgIpc) is 2.63. The van der Waals surface area contributed by atoms with Crippen molar-refractivity contribution >= 4 is 28.6 Å². The van der Waals surface area contributed by atoms with E-state index in [-0.39, 0.29) is 18.6 Å². The number of nitrogens with one attached hydrogen (secondary N) is 1. The highest BCUT2D eigenvalue weighted by atomic mass is 16.5. The Kier molecular flexibility index (Phi) is 6.01. The maximum absolute atomic E-state index is 12.4. The van der Waals surface area contributed by atoms with Gasteiger partial charge in [-0.1, -0.05) is 25.1 Å². The Bertz CT molecular complexity index is 758. The first-order valence-electron chi connectivity index (χ1n) is 7.80. The molecule has 1 aromatic heterocycles. The number of benzene rings is 1. The molecule has 2 aromatic rings. The fourth-order valence-electron chi connectivity index (χ4n) is 2.31. The van der Waals surface area contributed by atoms with E-state index in [2.05, 4.69) is 10.3 Å². The summed E-state index contributed by atoms with van der Waals surface area (Å²) in [6, 6.07) is 8.29. The monoisotopic (exact) mass is 328 g/mol. The minimum atomic E-state index is -0.857.